The highest BCUT2D eigenvalue weighted by Gasteiger charge is 2.14. The molecule has 3 amide bonds. The molecular formula is C20H18FN3O4S. The summed E-state index contributed by atoms with van der Waals surface area (Å²) in [6.45, 7) is 0.420. The largest absolute Gasteiger partial charge is 0.451 e. The van der Waals surface area contributed by atoms with Crippen molar-refractivity contribution in [1.29, 1.82) is 0 Å². The second kappa shape index (κ2) is 9.65. The molecule has 3 aromatic rings. The Bertz CT molecular complexity index is 984. The van der Waals surface area contributed by atoms with Gasteiger partial charge < -0.3 is 9.73 Å². The Hall–Kier alpha value is -3.46. The van der Waals surface area contributed by atoms with E-state index in [4.69, 9.17) is 4.42 Å². The summed E-state index contributed by atoms with van der Waals surface area (Å²) in [5.74, 6) is -1.40. The van der Waals surface area contributed by atoms with Crippen molar-refractivity contribution < 1.29 is 23.2 Å². The molecule has 0 spiro atoms. The van der Waals surface area contributed by atoms with E-state index in [1.807, 2.05) is 17.5 Å². The Labute approximate surface area is 169 Å². The minimum absolute atomic E-state index is 0.00253. The molecule has 29 heavy (non-hydrogen) atoms. The zero-order valence-corrected chi connectivity index (χ0v) is 16.1. The van der Waals surface area contributed by atoms with Gasteiger partial charge in [0.05, 0.1) is 6.54 Å². The summed E-state index contributed by atoms with van der Waals surface area (Å²) in [5.41, 5.74) is 5.08. The first kappa shape index (κ1) is 20.3. The molecule has 0 aliphatic heterocycles. The Morgan fingerprint density at radius 1 is 0.931 bits per heavy atom. The highest BCUT2D eigenvalue weighted by atomic mass is 32.1. The molecule has 0 bridgehead atoms. The molecule has 0 saturated heterocycles. The zero-order valence-electron chi connectivity index (χ0n) is 15.2. The van der Waals surface area contributed by atoms with Gasteiger partial charge >= 0.3 is 5.91 Å². The number of hydrazine groups is 1. The van der Waals surface area contributed by atoms with Crippen LogP contribution in [0.1, 0.15) is 28.3 Å². The van der Waals surface area contributed by atoms with Crippen molar-refractivity contribution in [2.24, 2.45) is 0 Å². The van der Waals surface area contributed by atoms with Gasteiger partial charge in [0.15, 0.2) is 5.76 Å². The van der Waals surface area contributed by atoms with Crippen LogP contribution in [0.15, 0.2) is 58.3 Å². The number of halogens is 1. The zero-order chi connectivity index (χ0) is 20.6. The van der Waals surface area contributed by atoms with Gasteiger partial charge in [0, 0.05) is 23.3 Å². The van der Waals surface area contributed by atoms with Gasteiger partial charge in [-0.1, -0.05) is 6.07 Å². The number of hydrogen-bond donors (Lipinski definition) is 3. The number of rotatable bonds is 7. The predicted molar refractivity (Wildman–Crippen MR) is 105 cm³/mol. The van der Waals surface area contributed by atoms with Crippen molar-refractivity contribution >= 4 is 29.1 Å². The summed E-state index contributed by atoms with van der Waals surface area (Å²) < 4.78 is 18.4. The number of furan rings is 1. The minimum Gasteiger partial charge on any atom is -0.451 e. The summed E-state index contributed by atoms with van der Waals surface area (Å²) in [6, 6.07) is 12.4. The van der Waals surface area contributed by atoms with Crippen molar-refractivity contribution in [3.05, 3.63) is 70.4 Å². The fourth-order valence-corrected chi connectivity index (χ4v) is 3.04. The molecule has 2 aromatic heterocycles. The lowest BCUT2D eigenvalue weighted by Gasteiger charge is -2.06. The van der Waals surface area contributed by atoms with Gasteiger partial charge in [-0.15, -0.1) is 11.3 Å². The number of carbonyl (C=O) groups excluding carboxylic acids is 3. The number of nitrogens with one attached hydrogen (secondary N) is 3. The lowest BCUT2D eigenvalue weighted by atomic mass is 10.2. The topological polar surface area (TPSA) is 100 Å². The van der Waals surface area contributed by atoms with Gasteiger partial charge in [-0.05, 0) is 47.8 Å². The lowest BCUT2D eigenvalue weighted by Crippen LogP contribution is -2.41. The number of amides is 3. The maximum Gasteiger partial charge on any atom is 0.305 e. The summed E-state index contributed by atoms with van der Waals surface area (Å²) in [4.78, 5) is 36.6. The molecule has 0 aliphatic carbocycles. The Kier molecular flexibility index (Phi) is 6.75. The van der Waals surface area contributed by atoms with Crippen LogP contribution in [-0.2, 0) is 16.1 Å². The van der Waals surface area contributed by atoms with Crippen LogP contribution in [0.4, 0.5) is 4.39 Å². The van der Waals surface area contributed by atoms with Crippen LogP contribution >= 0.6 is 11.3 Å². The molecule has 3 rings (SSSR count). The second-order valence-corrected chi connectivity index (χ2v) is 7.06. The fraction of sp³-hybridized carbons (Fsp3) is 0.150. The number of carbonyl (C=O) groups is 3. The molecule has 9 heteroatoms. The molecule has 1 aromatic carbocycles. The van der Waals surface area contributed by atoms with E-state index < -0.39 is 11.8 Å². The van der Waals surface area contributed by atoms with E-state index in [2.05, 4.69) is 16.2 Å². The highest BCUT2D eigenvalue weighted by Crippen LogP contribution is 2.22. The van der Waals surface area contributed by atoms with E-state index in [1.165, 1.54) is 41.7 Å². The average Bonchev–Trinajstić information content (AvgIpc) is 3.41. The van der Waals surface area contributed by atoms with E-state index in [-0.39, 0.29) is 30.3 Å². The molecule has 150 valence electrons. The average molecular weight is 415 g/mol. The fourth-order valence-electron chi connectivity index (χ4n) is 2.39. The molecule has 2 heterocycles. The normalized spacial score (nSPS) is 10.4. The quantitative estimate of drug-likeness (QED) is 0.517. The van der Waals surface area contributed by atoms with Gasteiger partial charge in [-0.3, -0.25) is 25.2 Å². The third-order valence-electron chi connectivity index (χ3n) is 3.89. The third-order valence-corrected chi connectivity index (χ3v) is 4.77. The van der Waals surface area contributed by atoms with Gasteiger partial charge in [0.2, 0.25) is 11.8 Å². The van der Waals surface area contributed by atoms with Crippen molar-refractivity contribution in [1.82, 2.24) is 16.2 Å². The van der Waals surface area contributed by atoms with Crippen LogP contribution in [0, 0.1) is 5.82 Å². The molecule has 0 fully saturated rings. The van der Waals surface area contributed by atoms with E-state index >= 15 is 0 Å². The molecule has 7 nitrogen and oxygen atoms in total. The molecule has 3 N–H and O–H groups in total. The first-order valence-electron chi connectivity index (χ1n) is 8.75. The maximum absolute atomic E-state index is 13.0. The first-order valence-corrected chi connectivity index (χ1v) is 9.63. The van der Waals surface area contributed by atoms with E-state index in [9.17, 15) is 18.8 Å². The number of benzene rings is 1. The number of thiophene rings is 1. The Balaban J connectivity index is 1.40. The molecule has 0 unspecified atom stereocenters. The van der Waals surface area contributed by atoms with Crippen LogP contribution in [0.2, 0.25) is 0 Å². The van der Waals surface area contributed by atoms with Gasteiger partial charge in [0.1, 0.15) is 11.6 Å². The lowest BCUT2D eigenvalue weighted by molar-refractivity contribution is -0.126. The first-order chi connectivity index (χ1) is 14.0. The standard InChI is InChI=1S/C20H18FN3O4S/c21-14-5-3-13(4-6-14)16-7-8-17(28-16)20(27)24-23-19(26)10-9-18(25)22-12-15-2-1-11-29-15/h1-8,11H,9-10,12H2,(H,22,25)(H,23,26)(H,24,27). The van der Waals surface area contributed by atoms with Crippen LogP contribution in [0.25, 0.3) is 11.3 Å². The smallest absolute Gasteiger partial charge is 0.305 e. The van der Waals surface area contributed by atoms with E-state index in [0.29, 0.717) is 17.9 Å². The monoisotopic (exact) mass is 415 g/mol. The van der Waals surface area contributed by atoms with Gasteiger partial charge in [-0.25, -0.2) is 4.39 Å². The van der Waals surface area contributed by atoms with Gasteiger partial charge in [-0.2, -0.15) is 0 Å². The Morgan fingerprint density at radius 3 is 2.41 bits per heavy atom. The van der Waals surface area contributed by atoms with Crippen molar-refractivity contribution in [2.45, 2.75) is 19.4 Å². The van der Waals surface area contributed by atoms with Crippen molar-refractivity contribution in [3.8, 4) is 11.3 Å². The summed E-state index contributed by atoms with van der Waals surface area (Å²) in [6.07, 6.45) is -0.0713. The van der Waals surface area contributed by atoms with Gasteiger partial charge in [0.25, 0.3) is 0 Å². The number of hydrogen-bond acceptors (Lipinski definition) is 5. The Morgan fingerprint density at radius 2 is 1.69 bits per heavy atom. The molecular weight excluding hydrogens is 397 g/mol. The summed E-state index contributed by atoms with van der Waals surface area (Å²) in [7, 11) is 0. The molecule has 0 atom stereocenters. The predicted octanol–water partition coefficient (Wildman–Crippen LogP) is 3.00. The molecule has 0 aliphatic rings. The van der Waals surface area contributed by atoms with Crippen LogP contribution in [-0.4, -0.2) is 17.7 Å². The van der Waals surface area contributed by atoms with E-state index in [1.54, 1.807) is 6.07 Å². The van der Waals surface area contributed by atoms with Crippen molar-refractivity contribution in [3.63, 3.8) is 0 Å². The second-order valence-electron chi connectivity index (χ2n) is 6.03. The molecule has 0 radical (unpaired) electrons. The third kappa shape index (κ3) is 6.01. The van der Waals surface area contributed by atoms with Crippen LogP contribution in [0.5, 0.6) is 0 Å². The highest BCUT2D eigenvalue weighted by molar-refractivity contribution is 7.09. The van der Waals surface area contributed by atoms with Crippen LogP contribution < -0.4 is 16.2 Å². The SMILES string of the molecule is O=C(CCC(=O)NNC(=O)c1ccc(-c2ccc(F)cc2)o1)NCc1cccs1. The minimum atomic E-state index is -0.645. The van der Waals surface area contributed by atoms with E-state index in [0.717, 1.165) is 4.88 Å². The summed E-state index contributed by atoms with van der Waals surface area (Å²) in [5, 5.41) is 4.63. The summed E-state index contributed by atoms with van der Waals surface area (Å²) >= 11 is 1.53. The maximum atomic E-state index is 13.0. The van der Waals surface area contributed by atoms with Crippen LogP contribution in [0.3, 0.4) is 0 Å². The van der Waals surface area contributed by atoms with Crippen molar-refractivity contribution in [2.75, 3.05) is 0 Å². The molecule has 0 saturated carbocycles.